The van der Waals surface area contributed by atoms with E-state index in [1.165, 1.54) is 26.0 Å². The van der Waals surface area contributed by atoms with E-state index in [-0.39, 0.29) is 9.92 Å². The zero-order chi connectivity index (χ0) is 15.7. The van der Waals surface area contributed by atoms with Crippen molar-refractivity contribution in [2.24, 2.45) is 0 Å². The molecule has 2 fully saturated rings. The molecule has 1 atom stereocenters. The summed E-state index contributed by atoms with van der Waals surface area (Å²) in [7, 11) is -2.06. The minimum Gasteiger partial charge on any atom is -0.497 e. The van der Waals surface area contributed by atoms with Crippen LogP contribution in [0.4, 0.5) is 0 Å². The maximum atomic E-state index is 12.9. The molecule has 3 rings (SSSR count). The fourth-order valence-corrected chi connectivity index (χ4v) is 5.26. The number of nitrogens with zero attached hydrogens (tertiary/aromatic N) is 2. The fraction of sp³-hybridized carbons (Fsp3) is 0.600. The topological polar surface area (TPSA) is 49.9 Å². The third kappa shape index (κ3) is 2.97. The number of benzene rings is 1. The zero-order valence-corrected chi connectivity index (χ0v) is 14.2. The molecule has 2 saturated heterocycles. The Kier molecular flexibility index (Phi) is 4.64. The standard InChI is InChI=1S/C15H21ClN2O3S/c1-21-13-4-5-14(16)15(10-13)22(19,20)18-9-6-12(11-18)17-7-2-3-8-17/h4-5,10,12H,2-3,6-9,11H2,1H3. The average molecular weight is 345 g/mol. The second-order valence-electron chi connectivity index (χ2n) is 5.84. The van der Waals surface area contributed by atoms with E-state index in [1.807, 2.05) is 0 Å². The molecule has 0 saturated carbocycles. The summed E-state index contributed by atoms with van der Waals surface area (Å²) in [6.45, 7) is 3.27. The molecule has 0 bridgehead atoms. The molecular weight excluding hydrogens is 324 g/mol. The van der Waals surface area contributed by atoms with Crippen LogP contribution in [0.1, 0.15) is 19.3 Å². The van der Waals surface area contributed by atoms with Crippen LogP contribution in [0.15, 0.2) is 23.1 Å². The van der Waals surface area contributed by atoms with Gasteiger partial charge in [0, 0.05) is 25.2 Å². The molecule has 22 heavy (non-hydrogen) atoms. The fourth-order valence-electron chi connectivity index (χ4n) is 3.28. The van der Waals surface area contributed by atoms with Gasteiger partial charge in [-0.2, -0.15) is 4.31 Å². The minimum absolute atomic E-state index is 0.135. The first-order chi connectivity index (χ1) is 10.5. The van der Waals surface area contributed by atoms with Gasteiger partial charge >= 0.3 is 0 Å². The van der Waals surface area contributed by atoms with Gasteiger partial charge in [-0.1, -0.05) is 11.6 Å². The van der Waals surface area contributed by atoms with Crippen LogP contribution in [0.3, 0.4) is 0 Å². The molecule has 2 heterocycles. The molecule has 0 aliphatic carbocycles. The monoisotopic (exact) mass is 344 g/mol. The maximum Gasteiger partial charge on any atom is 0.244 e. The Balaban J connectivity index is 1.81. The summed E-state index contributed by atoms with van der Waals surface area (Å²) in [6.07, 6.45) is 3.32. The first-order valence-corrected chi connectivity index (χ1v) is 9.42. The highest BCUT2D eigenvalue weighted by atomic mass is 35.5. The van der Waals surface area contributed by atoms with Gasteiger partial charge in [0.05, 0.1) is 12.1 Å². The average Bonchev–Trinajstić information content (AvgIpc) is 3.18. The minimum atomic E-state index is -3.57. The highest BCUT2D eigenvalue weighted by Gasteiger charge is 2.36. The predicted molar refractivity (Wildman–Crippen MR) is 86.0 cm³/mol. The third-order valence-electron chi connectivity index (χ3n) is 4.54. The molecule has 0 amide bonds. The van der Waals surface area contributed by atoms with Crippen molar-refractivity contribution < 1.29 is 13.2 Å². The largest absolute Gasteiger partial charge is 0.497 e. The molecule has 2 aliphatic rings. The zero-order valence-electron chi connectivity index (χ0n) is 12.7. The van der Waals surface area contributed by atoms with Crippen LogP contribution < -0.4 is 4.74 Å². The molecule has 7 heteroatoms. The lowest BCUT2D eigenvalue weighted by molar-refractivity contribution is 0.251. The van der Waals surface area contributed by atoms with Crippen molar-refractivity contribution >= 4 is 21.6 Å². The van der Waals surface area contributed by atoms with E-state index in [0.717, 1.165) is 19.5 Å². The molecule has 122 valence electrons. The van der Waals surface area contributed by atoms with E-state index >= 15 is 0 Å². The lowest BCUT2D eigenvalue weighted by Crippen LogP contribution is -2.37. The summed E-state index contributed by atoms with van der Waals surface area (Å²) >= 11 is 6.11. The number of halogens is 1. The van der Waals surface area contributed by atoms with Gasteiger partial charge in [-0.25, -0.2) is 8.42 Å². The van der Waals surface area contributed by atoms with Crippen LogP contribution in [0.25, 0.3) is 0 Å². The summed E-state index contributed by atoms with van der Waals surface area (Å²) in [5.74, 6) is 0.498. The highest BCUT2D eigenvalue weighted by molar-refractivity contribution is 7.89. The number of likely N-dealkylation sites (tertiary alicyclic amines) is 1. The van der Waals surface area contributed by atoms with Gasteiger partial charge in [0.25, 0.3) is 0 Å². The second-order valence-corrected chi connectivity index (χ2v) is 8.16. The van der Waals surface area contributed by atoms with Crippen molar-refractivity contribution in [3.8, 4) is 5.75 Å². The van der Waals surface area contributed by atoms with Crippen molar-refractivity contribution in [1.82, 2.24) is 9.21 Å². The van der Waals surface area contributed by atoms with Gasteiger partial charge < -0.3 is 4.74 Å². The molecule has 0 radical (unpaired) electrons. The maximum absolute atomic E-state index is 12.9. The molecule has 1 aromatic carbocycles. The molecular formula is C15H21ClN2O3S. The van der Waals surface area contributed by atoms with E-state index in [2.05, 4.69) is 4.90 Å². The first-order valence-electron chi connectivity index (χ1n) is 7.60. The van der Waals surface area contributed by atoms with Gasteiger partial charge in [0.2, 0.25) is 10.0 Å². The summed E-state index contributed by atoms with van der Waals surface area (Å²) in [4.78, 5) is 2.54. The van der Waals surface area contributed by atoms with Gasteiger partial charge in [-0.05, 0) is 44.5 Å². The van der Waals surface area contributed by atoms with Gasteiger partial charge in [0.15, 0.2) is 0 Å². The number of rotatable bonds is 4. The highest BCUT2D eigenvalue weighted by Crippen LogP contribution is 2.31. The third-order valence-corrected chi connectivity index (χ3v) is 6.89. The number of hydrogen-bond acceptors (Lipinski definition) is 4. The molecule has 2 aliphatic heterocycles. The van der Waals surface area contributed by atoms with Crippen LogP contribution in [0.2, 0.25) is 5.02 Å². The Morgan fingerprint density at radius 1 is 1.23 bits per heavy atom. The van der Waals surface area contributed by atoms with Crippen LogP contribution in [0, 0.1) is 0 Å². The lowest BCUT2D eigenvalue weighted by atomic mass is 10.2. The number of hydrogen-bond donors (Lipinski definition) is 0. The normalized spacial score (nSPS) is 24.0. The summed E-state index contributed by atoms with van der Waals surface area (Å²) in [6, 6.07) is 5.07. The molecule has 5 nitrogen and oxygen atoms in total. The van der Waals surface area contributed by atoms with Crippen molar-refractivity contribution in [3.63, 3.8) is 0 Å². The molecule has 1 aromatic rings. The van der Waals surface area contributed by atoms with Crippen molar-refractivity contribution in [2.45, 2.75) is 30.2 Å². The smallest absolute Gasteiger partial charge is 0.244 e. The Morgan fingerprint density at radius 2 is 1.95 bits per heavy atom. The number of sulfonamides is 1. The first kappa shape index (κ1) is 16.1. The SMILES string of the molecule is COc1ccc(Cl)c(S(=O)(=O)N2CCC(N3CCCC3)C2)c1. The lowest BCUT2D eigenvalue weighted by Gasteiger charge is -2.23. The quantitative estimate of drug-likeness (QED) is 0.840. The summed E-state index contributed by atoms with van der Waals surface area (Å²) in [5.41, 5.74) is 0. The van der Waals surface area contributed by atoms with E-state index in [9.17, 15) is 8.42 Å². The van der Waals surface area contributed by atoms with E-state index in [0.29, 0.717) is 24.9 Å². The number of methoxy groups -OCH3 is 1. The van der Waals surface area contributed by atoms with E-state index in [1.54, 1.807) is 16.4 Å². The number of ether oxygens (including phenoxy) is 1. The Bertz CT molecular complexity index is 644. The Hall–Kier alpha value is -0.820. The van der Waals surface area contributed by atoms with E-state index < -0.39 is 10.0 Å². The van der Waals surface area contributed by atoms with Crippen molar-refractivity contribution in [2.75, 3.05) is 33.3 Å². The summed E-state index contributed by atoms with van der Waals surface area (Å²) < 4.78 is 32.4. The van der Waals surface area contributed by atoms with Crippen molar-refractivity contribution in [3.05, 3.63) is 23.2 Å². The van der Waals surface area contributed by atoms with Crippen LogP contribution in [-0.2, 0) is 10.0 Å². The van der Waals surface area contributed by atoms with Crippen molar-refractivity contribution in [1.29, 1.82) is 0 Å². The predicted octanol–water partition coefficient (Wildman–Crippen LogP) is 2.21. The molecule has 0 N–H and O–H groups in total. The molecule has 0 aromatic heterocycles. The Morgan fingerprint density at radius 3 is 2.64 bits per heavy atom. The molecule has 0 spiro atoms. The second kappa shape index (κ2) is 6.35. The van der Waals surface area contributed by atoms with Gasteiger partial charge in [-0.3, -0.25) is 4.90 Å². The van der Waals surface area contributed by atoms with E-state index in [4.69, 9.17) is 16.3 Å². The summed E-state index contributed by atoms with van der Waals surface area (Å²) in [5, 5.41) is 0.241. The molecule has 1 unspecified atom stereocenters. The Labute approximate surface area is 136 Å². The van der Waals surface area contributed by atoms with Crippen LogP contribution in [0.5, 0.6) is 5.75 Å². The van der Waals surface area contributed by atoms with Gasteiger partial charge in [-0.15, -0.1) is 0 Å². The van der Waals surface area contributed by atoms with Crippen LogP contribution in [-0.4, -0.2) is 57.0 Å². The van der Waals surface area contributed by atoms with Crippen LogP contribution >= 0.6 is 11.6 Å². The van der Waals surface area contributed by atoms with Gasteiger partial charge in [0.1, 0.15) is 10.6 Å².